The Morgan fingerprint density at radius 1 is 0.533 bits per heavy atom. The number of carbonyl (C=O) groups is 1. The molecule has 0 radical (unpaired) electrons. The van der Waals surface area contributed by atoms with E-state index in [2.05, 4.69) is 0 Å². The standard InChI is InChI=1S/C27H20F2O/c28-26-7-3-1-5-24(26)21-13-9-19(10-14-21)17-23(30)18-20-11-15-22(16-12-20)25-6-2-4-8-27(25)29/h1-16H,17-18H2. The van der Waals surface area contributed by atoms with Gasteiger partial charge in [-0.25, -0.2) is 8.78 Å². The lowest BCUT2D eigenvalue weighted by molar-refractivity contribution is -0.117. The molecule has 0 heterocycles. The number of ketones is 1. The van der Waals surface area contributed by atoms with Crippen molar-refractivity contribution in [3.8, 4) is 22.3 Å². The molecular weight excluding hydrogens is 378 g/mol. The molecule has 148 valence electrons. The molecule has 4 aromatic rings. The molecule has 1 nitrogen and oxygen atoms in total. The summed E-state index contributed by atoms with van der Waals surface area (Å²) in [5.74, 6) is -0.437. The van der Waals surface area contributed by atoms with Gasteiger partial charge in [0.2, 0.25) is 0 Å². The minimum Gasteiger partial charge on any atom is -0.299 e. The Hall–Kier alpha value is -3.59. The van der Waals surface area contributed by atoms with Gasteiger partial charge in [0.05, 0.1) is 0 Å². The van der Waals surface area contributed by atoms with E-state index in [9.17, 15) is 13.6 Å². The van der Waals surface area contributed by atoms with Crippen LogP contribution in [0.3, 0.4) is 0 Å². The molecule has 30 heavy (non-hydrogen) atoms. The Kier molecular flexibility index (Phi) is 5.80. The summed E-state index contributed by atoms with van der Waals surface area (Å²) in [5.41, 5.74) is 4.45. The third-order valence-corrected chi connectivity index (χ3v) is 5.08. The molecule has 0 aromatic heterocycles. The fourth-order valence-electron chi connectivity index (χ4n) is 3.51. The summed E-state index contributed by atoms with van der Waals surface area (Å²) in [5, 5.41) is 0. The van der Waals surface area contributed by atoms with Crippen LogP contribution in [-0.4, -0.2) is 5.78 Å². The van der Waals surface area contributed by atoms with Crippen LogP contribution < -0.4 is 0 Å². The van der Waals surface area contributed by atoms with Gasteiger partial charge < -0.3 is 0 Å². The summed E-state index contributed by atoms with van der Waals surface area (Å²) in [4.78, 5) is 12.5. The van der Waals surface area contributed by atoms with Crippen molar-refractivity contribution in [1.82, 2.24) is 0 Å². The van der Waals surface area contributed by atoms with E-state index in [1.165, 1.54) is 12.1 Å². The highest BCUT2D eigenvalue weighted by Gasteiger charge is 2.09. The molecule has 4 aromatic carbocycles. The summed E-state index contributed by atoms with van der Waals surface area (Å²) < 4.78 is 27.8. The second-order valence-corrected chi connectivity index (χ2v) is 7.25. The zero-order valence-electron chi connectivity index (χ0n) is 16.3. The van der Waals surface area contributed by atoms with E-state index in [1.54, 1.807) is 36.4 Å². The lowest BCUT2D eigenvalue weighted by Gasteiger charge is -2.07. The first-order chi connectivity index (χ1) is 14.6. The second-order valence-electron chi connectivity index (χ2n) is 7.25. The smallest absolute Gasteiger partial charge is 0.141 e. The van der Waals surface area contributed by atoms with Crippen LogP contribution in [0.4, 0.5) is 8.78 Å². The number of Topliss-reactive ketones (excluding diaryl/α,β-unsaturated/α-hetero) is 1. The molecule has 0 saturated heterocycles. The van der Waals surface area contributed by atoms with Crippen molar-refractivity contribution in [3.05, 3.63) is 120 Å². The van der Waals surface area contributed by atoms with Crippen molar-refractivity contribution >= 4 is 5.78 Å². The normalized spacial score (nSPS) is 10.7. The summed E-state index contributed by atoms with van der Waals surface area (Å²) in [7, 11) is 0. The highest BCUT2D eigenvalue weighted by atomic mass is 19.1. The Balaban J connectivity index is 1.40. The number of halogens is 2. The molecule has 0 saturated carbocycles. The van der Waals surface area contributed by atoms with Crippen molar-refractivity contribution in [2.45, 2.75) is 12.8 Å². The highest BCUT2D eigenvalue weighted by Crippen LogP contribution is 2.24. The van der Waals surface area contributed by atoms with E-state index in [0.717, 1.165) is 22.3 Å². The quantitative estimate of drug-likeness (QED) is 0.355. The lowest BCUT2D eigenvalue weighted by atomic mass is 9.98. The van der Waals surface area contributed by atoms with Crippen molar-refractivity contribution in [3.63, 3.8) is 0 Å². The van der Waals surface area contributed by atoms with Gasteiger partial charge in [0, 0.05) is 24.0 Å². The monoisotopic (exact) mass is 398 g/mol. The van der Waals surface area contributed by atoms with Crippen LogP contribution in [0.15, 0.2) is 97.1 Å². The van der Waals surface area contributed by atoms with Crippen LogP contribution in [0.1, 0.15) is 11.1 Å². The molecule has 0 aliphatic heterocycles. The van der Waals surface area contributed by atoms with Gasteiger partial charge >= 0.3 is 0 Å². The highest BCUT2D eigenvalue weighted by molar-refractivity contribution is 5.83. The lowest BCUT2D eigenvalue weighted by Crippen LogP contribution is -2.06. The number of carbonyl (C=O) groups excluding carboxylic acids is 1. The first-order valence-corrected chi connectivity index (χ1v) is 9.79. The van der Waals surface area contributed by atoms with Crippen LogP contribution >= 0.6 is 0 Å². The maximum Gasteiger partial charge on any atom is 0.141 e. The van der Waals surface area contributed by atoms with Gasteiger partial charge in [0.15, 0.2) is 0 Å². The Morgan fingerprint density at radius 3 is 1.27 bits per heavy atom. The van der Waals surface area contributed by atoms with E-state index in [0.29, 0.717) is 24.0 Å². The second kappa shape index (κ2) is 8.83. The summed E-state index contributed by atoms with van der Waals surface area (Å²) in [6, 6.07) is 28.1. The molecule has 3 heteroatoms. The average Bonchev–Trinajstić information content (AvgIpc) is 2.76. The molecule has 0 unspecified atom stereocenters. The van der Waals surface area contributed by atoms with Gasteiger partial charge in [-0.3, -0.25) is 4.79 Å². The van der Waals surface area contributed by atoms with E-state index in [1.807, 2.05) is 48.5 Å². The molecule has 0 N–H and O–H groups in total. The van der Waals surface area contributed by atoms with E-state index < -0.39 is 0 Å². The molecule has 0 spiro atoms. The number of benzene rings is 4. The summed E-state index contributed by atoms with van der Waals surface area (Å²) >= 11 is 0. The van der Waals surface area contributed by atoms with Crippen LogP contribution in [0.5, 0.6) is 0 Å². The van der Waals surface area contributed by atoms with Crippen LogP contribution in [0.2, 0.25) is 0 Å². The maximum atomic E-state index is 13.9. The van der Waals surface area contributed by atoms with E-state index >= 15 is 0 Å². The maximum absolute atomic E-state index is 13.9. The number of hydrogen-bond donors (Lipinski definition) is 0. The van der Waals surface area contributed by atoms with Gasteiger partial charge in [0.1, 0.15) is 17.4 Å². The summed E-state index contributed by atoms with van der Waals surface area (Å²) in [6.07, 6.45) is 0.624. The molecule has 0 amide bonds. The van der Waals surface area contributed by atoms with Gasteiger partial charge in [-0.05, 0) is 34.4 Å². The van der Waals surface area contributed by atoms with E-state index in [-0.39, 0.29) is 17.4 Å². The van der Waals surface area contributed by atoms with Crippen molar-refractivity contribution in [2.24, 2.45) is 0 Å². The first kappa shape index (κ1) is 19.7. The van der Waals surface area contributed by atoms with Crippen LogP contribution in [0.25, 0.3) is 22.3 Å². The molecule has 0 fully saturated rings. The van der Waals surface area contributed by atoms with Crippen LogP contribution in [-0.2, 0) is 17.6 Å². The van der Waals surface area contributed by atoms with Crippen molar-refractivity contribution in [2.75, 3.05) is 0 Å². The first-order valence-electron chi connectivity index (χ1n) is 9.79. The SMILES string of the molecule is O=C(Cc1ccc(-c2ccccc2F)cc1)Cc1ccc(-c2ccccc2F)cc1. The third-order valence-electron chi connectivity index (χ3n) is 5.08. The predicted molar refractivity (Wildman–Crippen MR) is 116 cm³/mol. The topological polar surface area (TPSA) is 17.1 Å². The molecular formula is C27H20F2O. The predicted octanol–water partition coefficient (Wildman–Crippen LogP) is 6.65. The number of rotatable bonds is 6. The molecule has 4 rings (SSSR count). The van der Waals surface area contributed by atoms with Gasteiger partial charge in [0.25, 0.3) is 0 Å². The van der Waals surface area contributed by atoms with E-state index in [4.69, 9.17) is 0 Å². The number of hydrogen-bond acceptors (Lipinski definition) is 1. The molecule has 0 atom stereocenters. The van der Waals surface area contributed by atoms with Crippen LogP contribution in [0, 0.1) is 11.6 Å². The zero-order chi connectivity index (χ0) is 20.9. The Morgan fingerprint density at radius 2 is 0.900 bits per heavy atom. The van der Waals surface area contributed by atoms with Gasteiger partial charge in [-0.15, -0.1) is 0 Å². The van der Waals surface area contributed by atoms with Gasteiger partial charge in [-0.2, -0.15) is 0 Å². The Bertz CT molecular complexity index is 1070. The molecule has 0 aliphatic carbocycles. The fraction of sp³-hybridized carbons (Fsp3) is 0.0741. The Labute approximate surface area is 174 Å². The molecule has 0 bridgehead atoms. The molecule has 0 aliphatic rings. The van der Waals surface area contributed by atoms with Gasteiger partial charge in [-0.1, -0.05) is 84.9 Å². The van der Waals surface area contributed by atoms with Crippen molar-refractivity contribution < 1.29 is 13.6 Å². The zero-order valence-corrected chi connectivity index (χ0v) is 16.3. The minimum atomic E-state index is -0.264. The minimum absolute atomic E-state index is 0.0901. The summed E-state index contributed by atoms with van der Waals surface area (Å²) in [6.45, 7) is 0. The third kappa shape index (κ3) is 4.52. The largest absolute Gasteiger partial charge is 0.299 e. The van der Waals surface area contributed by atoms with Crippen molar-refractivity contribution in [1.29, 1.82) is 0 Å². The average molecular weight is 398 g/mol. The fourth-order valence-corrected chi connectivity index (χ4v) is 3.51.